The average molecular weight is 340 g/mol. The average Bonchev–Trinajstić information content (AvgIpc) is 2.55. The number of hydrogen-bond donors (Lipinski definition) is 2. The SMILES string of the molecule is O=C(CNC(=O)COc1ccc2ccccc2c1)NCC(F)(F)F. The molecule has 0 saturated heterocycles. The van der Waals surface area contributed by atoms with E-state index in [2.05, 4.69) is 5.32 Å². The molecule has 0 aliphatic rings. The van der Waals surface area contributed by atoms with Crippen molar-refractivity contribution in [2.75, 3.05) is 19.7 Å². The van der Waals surface area contributed by atoms with Crippen molar-refractivity contribution in [2.24, 2.45) is 0 Å². The van der Waals surface area contributed by atoms with Crippen LogP contribution in [0.15, 0.2) is 42.5 Å². The first-order valence-corrected chi connectivity index (χ1v) is 7.05. The zero-order chi connectivity index (χ0) is 17.6. The minimum Gasteiger partial charge on any atom is -0.484 e. The van der Waals surface area contributed by atoms with E-state index in [9.17, 15) is 22.8 Å². The summed E-state index contributed by atoms with van der Waals surface area (Å²) in [6.45, 7) is -2.32. The molecule has 0 fully saturated rings. The third-order valence-corrected chi connectivity index (χ3v) is 3.02. The summed E-state index contributed by atoms with van der Waals surface area (Å²) in [4.78, 5) is 22.7. The van der Waals surface area contributed by atoms with Crippen molar-refractivity contribution in [3.05, 3.63) is 42.5 Å². The van der Waals surface area contributed by atoms with Gasteiger partial charge in [-0.3, -0.25) is 9.59 Å². The van der Waals surface area contributed by atoms with Gasteiger partial charge in [-0.05, 0) is 22.9 Å². The Balaban J connectivity index is 1.75. The number of fused-ring (bicyclic) bond motifs is 1. The van der Waals surface area contributed by atoms with Crippen LogP contribution in [-0.4, -0.2) is 37.7 Å². The van der Waals surface area contributed by atoms with E-state index in [-0.39, 0.29) is 6.61 Å². The summed E-state index contributed by atoms with van der Waals surface area (Å²) >= 11 is 0. The van der Waals surface area contributed by atoms with Gasteiger partial charge in [0.1, 0.15) is 12.3 Å². The van der Waals surface area contributed by atoms with Crippen molar-refractivity contribution in [3.63, 3.8) is 0 Å². The third-order valence-electron chi connectivity index (χ3n) is 3.02. The molecule has 0 spiro atoms. The maximum atomic E-state index is 11.9. The van der Waals surface area contributed by atoms with Crippen LogP contribution in [0.3, 0.4) is 0 Å². The lowest BCUT2D eigenvalue weighted by atomic mass is 10.1. The van der Waals surface area contributed by atoms with E-state index < -0.39 is 31.1 Å². The van der Waals surface area contributed by atoms with E-state index in [4.69, 9.17) is 4.74 Å². The van der Waals surface area contributed by atoms with E-state index in [1.165, 1.54) is 0 Å². The van der Waals surface area contributed by atoms with Crippen molar-refractivity contribution in [3.8, 4) is 5.75 Å². The van der Waals surface area contributed by atoms with Crippen molar-refractivity contribution < 1.29 is 27.5 Å². The van der Waals surface area contributed by atoms with Gasteiger partial charge in [0.2, 0.25) is 5.91 Å². The van der Waals surface area contributed by atoms with E-state index in [0.29, 0.717) is 5.75 Å². The van der Waals surface area contributed by atoms with Crippen LogP contribution in [-0.2, 0) is 9.59 Å². The highest BCUT2D eigenvalue weighted by atomic mass is 19.4. The van der Waals surface area contributed by atoms with Gasteiger partial charge in [-0.2, -0.15) is 13.2 Å². The number of hydrogen-bond acceptors (Lipinski definition) is 3. The summed E-state index contributed by atoms with van der Waals surface area (Å²) in [5, 5.41) is 5.81. The molecule has 0 saturated carbocycles. The van der Waals surface area contributed by atoms with Gasteiger partial charge in [0.15, 0.2) is 6.61 Å². The van der Waals surface area contributed by atoms with Crippen molar-refractivity contribution in [1.82, 2.24) is 10.6 Å². The molecule has 5 nitrogen and oxygen atoms in total. The standard InChI is InChI=1S/C16H15F3N2O3/c17-16(18,19)10-21-14(22)8-20-15(23)9-24-13-6-5-11-3-1-2-4-12(11)7-13/h1-7H,8-10H2,(H,20,23)(H,21,22). The molecule has 8 heteroatoms. The predicted octanol–water partition coefficient (Wildman–Crippen LogP) is 2.01. The summed E-state index contributed by atoms with van der Waals surface area (Å²) in [5.74, 6) is -1.05. The zero-order valence-electron chi connectivity index (χ0n) is 12.5. The largest absolute Gasteiger partial charge is 0.484 e. The lowest BCUT2D eigenvalue weighted by molar-refractivity contribution is -0.138. The van der Waals surface area contributed by atoms with Crippen LogP contribution >= 0.6 is 0 Å². The number of amides is 2. The lowest BCUT2D eigenvalue weighted by Crippen LogP contribution is -2.42. The summed E-state index contributed by atoms with van der Waals surface area (Å²) < 4.78 is 41.0. The Bertz CT molecular complexity index is 732. The number of rotatable bonds is 6. The minimum atomic E-state index is -4.49. The van der Waals surface area contributed by atoms with Crippen LogP contribution in [0.2, 0.25) is 0 Å². The second kappa shape index (κ2) is 7.67. The highest BCUT2D eigenvalue weighted by Crippen LogP contribution is 2.20. The van der Waals surface area contributed by atoms with Crippen molar-refractivity contribution >= 4 is 22.6 Å². The van der Waals surface area contributed by atoms with Gasteiger partial charge in [-0.25, -0.2) is 0 Å². The van der Waals surface area contributed by atoms with Gasteiger partial charge in [-0.1, -0.05) is 30.3 Å². The van der Waals surface area contributed by atoms with Crippen LogP contribution in [0.25, 0.3) is 10.8 Å². The van der Waals surface area contributed by atoms with E-state index in [1.54, 1.807) is 17.4 Å². The molecule has 2 aromatic carbocycles. The molecule has 2 amide bonds. The molecule has 2 N–H and O–H groups in total. The van der Waals surface area contributed by atoms with Gasteiger partial charge >= 0.3 is 6.18 Å². The number of carbonyl (C=O) groups excluding carboxylic acids is 2. The summed E-state index contributed by atoms with van der Waals surface area (Å²) in [6.07, 6.45) is -4.49. The minimum absolute atomic E-state index is 0.342. The smallest absolute Gasteiger partial charge is 0.405 e. The molecule has 0 radical (unpaired) electrons. The first-order valence-electron chi connectivity index (χ1n) is 7.05. The Hall–Kier alpha value is -2.77. The number of nitrogens with one attached hydrogen (secondary N) is 2. The van der Waals surface area contributed by atoms with Crippen LogP contribution in [0.1, 0.15) is 0 Å². The first kappa shape index (κ1) is 17.6. The van der Waals surface area contributed by atoms with Crippen LogP contribution in [0, 0.1) is 0 Å². The van der Waals surface area contributed by atoms with Crippen LogP contribution in [0.5, 0.6) is 5.75 Å². The number of carbonyl (C=O) groups is 2. The summed E-state index contributed by atoms with van der Waals surface area (Å²) in [7, 11) is 0. The molecule has 0 heterocycles. The first-order chi connectivity index (χ1) is 11.3. The number of ether oxygens (including phenoxy) is 1. The molecular formula is C16H15F3N2O3. The monoisotopic (exact) mass is 340 g/mol. The number of halogens is 3. The van der Waals surface area contributed by atoms with Crippen molar-refractivity contribution in [2.45, 2.75) is 6.18 Å². The normalized spacial score (nSPS) is 11.1. The van der Waals surface area contributed by atoms with Gasteiger partial charge in [0.05, 0.1) is 6.54 Å². The Morgan fingerprint density at radius 3 is 2.38 bits per heavy atom. The molecule has 0 atom stereocenters. The quantitative estimate of drug-likeness (QED) is 0.845. The van der Waals surface area contributed by atoms with Crippen LogP contribution < -0.4 is 15.4 Å². The fourth-order valence-corrected chi connectivity index (χ4v) is 1.90. The van der Waals surface area contributed by atoms with Crippen LogP contribution in [0.4, 0.5) is 13.2 Å². The van der Waals surface area contributed by atoms with E-state index in [1.807, 2.05) is 30.3 Å². The molecule has 0 aliphatic carbocycles. The van der Waals surface area contributed by atoms with Crippen molar-refractivity contribution in [1.29, 1.82) is 0 Å². The fraction of sp³-hybridized carbons (Fsp3) is 0.250. The van der Waals surface area contributed by atoms with E-state index >= 15 is 0 Å². The Kier molecular flexibility index (Phi) is 5.62. The maximum absolute atomic E-state index is 11.9. The number of alkyl halides is 3. The molecule has 2 aromatic rings. The molecule has 128 valence electrons. The summed E-state index contributed by atoms with van der Waals surface area (Å²) in [5.41, 5.74) is 0. The number of benzene rings is 2. The lowest BCUT2D eigenvalue weighted by Gasteiger charge is -2.10. The zero-order valence-corrected chi connectivity index (χ0v) is 12.5. The predicted molar refractivity (Wildman–Crippen MR) is 81.5 cm³/mol. The molecule has 0 aromatic heterocycles. The van der Waals surface area contributed by atoms with Gasteiger partial charge in [0, 0.05) is 0 Å². The molecule has 0 unspecified atom stereocenters. The highest BCUT2D eigenvalue weighted by molar-refractivity contribution is 5.86. The second-order valence-corrected chi connectivity index (χ2v) is 4.97. The Labute approximate surface area is 135 Å². The highest BCUT2D eigenvalue weighted by Gasteiger charge is 2.27. The van der Waals surface area contributed by atoms with Gasteiger partial charge in [0.25, 0.3) is 5.91 Å². The molecular weight excluding hydrogens is 325 g/mol. The Morgan fingerprint density at radius 2 is 1.67 bits per heavy atom. The molecule has 0 aliphatic heterocycles. The second-order valence-electron chi connectivity index (χ2n) is 4.97. The third kappa shape index (κ3) is 5.79. The molecule has 24 heavy (non-hydrogen) atoms. The topological polar surface area (TPSA) is 67.4 Å². The van der Waals surface area contributed by atoms with Gasteiger partial charge in [-0.15, -0.1) is 0 Å². The summed E-state index contributed by atoms with van der Waals surface area (Å²) in [6, 6.07) is 12.9. The fourth-order valence-electron chi connectivity index (χ4n) is 1.90. The molecule has 2 rings (SSSR count). The van der Waals surface area contributed by atoms with Gasteiger partial charge < -0.3 is 15.4 Å². The van der Waals surface area contributed by atoms with E-state index in [0.717, 1.165) is 10.8 Å². The molecule has 0 bridgehead atoms. The maximum Gasteiger partial charge on any atom is 0.405 e. The Morgan fingerprint density at radius 1 is 0.958 bits per heavy atom.